The second kappa shape index (κ2) is 9.65. The number of amides is 2. The third kappa shape index (κ3) is 5.23. The van der Waals surface area contributed by atoms with E-state index in [0.29, 0.717) is 24.6 Å². The van der Waals surface area contributed by atoms with Crippen LogP contribution in [-0.4, -0.2) is 35.8 Å². The van der Waals surface area contributed by atoms with E-state index in [-0.39, 0.29) is 17.7 Å². The highest BCUT2D eigenvalue weighted by atomic mass is 35.5. The Bertz CT molecular complexity index is 900. The molecule has 0 aromatic heterocycles. The molecule has 2 aromatic rings. The largest absolute Gasteiger partial charge is 0.341 e. The second-order valence-corrected chi connectivity index (χ2v) is 9.10. The van der Waals surface area contributed by atoms with Crippen LogP contribution in [0.5, 0.6) is 0 Å². The summed E-state index contributed by atoms with van der Waals surface area (Å²) in [4.78, 5) is 28.0. The minimum absolute atomic E-state index is 0.0122. The Labute approximate surface area is 184 Å². The van der Waals surface area contributed by atoms with Crippen LogP contribution >= 0.6 is 11.6 Å². The van der Waals surface area contributed by atoms with E-state index >= 15 is 0 Å². The fraction of sp³-hybridized carbons (Fsp3) is 0.440. The molecule has 160 valence electrons. The van der Waals surface area contributed by atoms with Crippen LogP contribution in [0.3, 0.4) is 0 Å². The predicted molar refractivity (Wildman–Crippen MR) is 122 cm³/mol. The zero-order chi connectivity index (χ0) is 21.8. The van der Waals surface area contributed by atoms with Crippen molar-refractivity contribution in [2.24, 2.45) is 5.92 Å². The minimum Gasteiger partial charge on any atom is -0.341 e. The van der Waals surface area contributed by atoms with Gasteiger partial charge in [-0.2, -0.15) is 0 Å². The summed E-state index contributed by atoms with van der Waals surface area (Å²) < 4.78 is 0. The molecule has 0 spiro atoms. The van der Waals surface area contributed by atoms with Crippen LogP contribution in [0.4, 0.5) is 0 Å². The summed E-state index contributed by atoms with van der Waals surface area (Å²) in [5.74, 6) is 0.284. The summed E-state index contributed by atoms with van der Waals surface area (Å²) in [6.45, 7) is 9.25. The standard InChI is InChI=1S/C25H31ClN2O2/c1-16(2)23(27-24(29)22-15-17(3)5-6-18(22)4)25(30)28-13-11-20(12-14-28)19-7-9-21(26)10-8-19/h5-10,15-16,20,23H,11-14H2,1-4H3,(H,27,29)/t23-/m1/s1. The zero-order valence-corrected chi connectivity index (χ0v) is 19.0. The average Bonchev–Trinajstić information content (AvgIpc) is 2.73. The van der Waals surface area contributed by atoms with Gasteiger partial charge in [-0.1, -0.05) is 55.3 Å². The quantitative estimate of drug-likeness (QED) is 0.721. The monoisotopic (exact) mass is 426 g/mol. The van der Waals surface area contributed by atoms with Crippen LogP contribution in [0.15, 0.2) is 42.5 Å². The maximum atomic E-state index is 13.2. The summed E-state index contributed by atoms with van der Waals surface area (Å²) in [6.07, 6.45) is 1.84. The molecule has 0 saturated carbocycles. The van der Waals surface area contributed by atoms with Gasteiger partial charge >= 0.3 is 0 Å². The van der Waals surface area contributed by atoms with Crippen molar-refractivity contribution >= 4 is 23.4 Å². The second-order valence-electron chi connectivity index (χ2n) is 8.66. The number of nitrogens with one attached hydrogen (secondary N) is 1. The van der Waals surface area contributed by atoms with E-state index in [1.54, 1.807) is 0 Å². The zero-order valence-electron chi connectivity index (χ0n) is 18.2. The van der Waals surface area contributed by atoms with Crippen molar-refractivity contribution < 1.29 is 9.59 Å². The highest BCUT2D eigenvalue weighted by Gasteiger charge is 2.32. The maximum absolute atomic E-state index is 13.2. The first-order valence-electron chi connectivity index (χ1n) is 10.7. The highest BCUT2D eigenvalue weighted by molar-refractivity contribution is 6.30. The summed E-state index contributed by atoms with van der Waals surface area (Å²) in [6, 6.07) is 13.3. The Morgan fingerprint density at radius 2 is 1.67 bits per heavy atom. The van der Waals surface area contributed by atoms with Gasteiger partial charge in [-0.05, 0) is 67.9 Å². The molecule has 30 heavy (non-hydrogen) atoms. The van der Waals surface area contributed by atoms with Gasteiger partial charge in [0.1, 0.15) is 6.04 Å². The number of hydrogen-bond acceptors (Lipinski definition) is 2. The topological polar surface area (TPSA) is 49.4 Å². The van der Waals surface area contributed by atoms with Crippen LogP contribution in [-0.2, 0) is 4.79 Å². The molecule has 0 bridgehead atoms. The van der Waals surface area contributed by atoms with E-state index in [1.807, 2.05) is 62.9 Å². The molecular weight excluding hydrogens is 396 g/mol. The Morgan fingerprint density at radius 1 is 1.03 bits per heavy atom. The van der Waals surface area contributed by atoms with E-state index in [9.17, 15) is 9.59 Å². The Morgan fingerprint density at radius 3 is 2.27 bits per heavy atom. The van der Waals surface area contributed by atoms with Crippen LogP contribution in [0.25, 0.3) is 0 Å². The predicted octanol–water partition coefficient (Wildman–Crippen LogP) is 5.12. The van der Waals surface area contributed by atoms with Crippen molar-refractivity contribution in [1.29, 1.82) is 0 Å². The minimum atomic E-state index is -0.524. The lowest BCUT2D eigenvalue weighted by molar-refractivity contribution is -0.135. The molecule has 1 aliphatic rings. The number of carbonyl (C=O) groups excluding carboxylic acids is 2. The van der Waals surface area contributed by atoms with E-state index < -0.39 is 6.04 Å². The van der Waals surface area contributed by atoms with Crippen molar-refractivity contribution in [2.75, 3.05) is 13.1 Å². The lowest BCUT2D eigenvalue weighted by Gasteiger charge is -2.35. The molecular formula is C25H31ClN2O2. The highest BCUT2D eigenvalue weighted by Crippen LogP contribution is 2.29. The Balaban J connectivity index is 1.65. The third-order valence-electron chi connectivity index (χ3n) is 6.01. The molecule has 4 nitrogen and oxygen atoms in total. The van der Waals surface area contributed by atoms with E-state index in [2.05, 4.69) is 17.4 Å². The van der Waals surface area contributed by atoms with Gasteiger partial charge in [-0.15, -0.1) is 0 Å². The lowest BCUT2D eigenvalue weighted by atomic mass is 9.89. The number of nitrogens with zero attached hydrogens (tertiary/aromatic N) is 1. The summed E-state index contributed by atoms with van der Waals surface area (Å²) in [7, 11) is 0. The number of benzene rings is 2. The molecule has 3 rings (SSSR count). The van der Waals surface area contributed by atoms with Crippen LogP contribution in [0.1, 0.15) is 59.7 Å². The molecule has 1 aliphatic heterocycles. The maximum Gasteiger partial charge on any atom is 0.252 e. The van der Waals surface area contributed by atoms with E-state index in [0.717, 1.165) is 29.0 Å². The molecule has 1 atom stereocenters. The van der Waals surface area contributed by atoms with Gasteiger partial charge in [-0.25, -0.2) is 0 Å². The van der Waals surface area contributed by atoms with Gasteiger partial charge in [-0.3, -0.25) is 9.59 Å². The number of rotatable bonds is 5. The fourth-order valence-corrected chi connectivity index (χ4v) is 4.20. The van der Waals surface area contributed by atoms with Gasteiger partial charge in [0, 0.05) is 23.7 Å². The molecule has 2 amide bonds. The number of hydrogen-bond donors (Lipinski definition) is 1. The molecule has 1 fully saturated rings. The van der Waals surface area contributed by atoms with E-state index in [4.69, 9.17) is 11.6 Å². The summed E-state index contributed by atoms with van der Waals surface area (Å²) in [5.41, 5.74) is 3.85. The van der Waals surface area contributed by atoms with Crippen LogP contribution in [0, 0.1) is 19.8 Å². The first-order chi connectivity index (χ1) is 14.3. The smallest absolute Gasteiger partial charge is 0.252 e. The van der Waals surface area contributed by atoms with Gasteiger partial charge in [0.15, 0.2) is 0 Å². The van der Waals surface area contributed by atoms with Crippen molar-refractivity contribution in [2.45, 2.75) is 52.5 Å². The molecule has 2 aromatic carbocycles. The molecule has 1 saturated heterocycles. The Kier molecular flexibility index (Phi) is 7.19. The van der Waals surface area contributed by atoms with Crippen LogP contribution in [0.2, 0.25) is 5.02 Å². The van der Waals surface area contributed by atoms with Crippen molar-refractivity contribution in [3.8, 4) is 0 Å². The number of aryl methyl sites for hydroxylation is 2. The number of piperidine rings is 1. The average molecular weight is 427 g/mol. The van der Waals surface area contributed by atoms with Crippen molar-refractivity contribution in [1.82, 2.24) is 10.2 Å². The first-order valence-corrected chi connectivity index (χ1v) is 11.1. The van der Waals surface area contributed by atoms with Gasteiger partial charge in [0.2, 0.25) is 5.91 Å². The first kappa shape index (κ1) is 22.4. The molecule has 1 N–H and O–H groups in total. The van der Waals surface area contributed by atoms with Gasteiger partial charge in [0.05, 0.1) is 0 Å². The summed E-state index contributed by atoms with van der Waals surface area (Å²) >= 11 is 6.00. The molecule has 0 radical (unpaired) electrons. The lowest BCUT2D eigenvalue weighted by Crippen LogP contribution is -2.52. The van der Waals surface area contributed by atoms with E-state index in [1.165, 1.54) is 5.56 Å². The third-order valence-corrected chi connectivity index (χ3v) is 6.26. The van der Waals surface area contributed by atoms with Crippen LogP contribution < -0.4 is 5.32 Å². The summed E-state index contributed by atoms with van der Waals surface area (Å²) in [5, 5.41) is 3.74. The van der Waals surface area contributed by atoms with Gasteiger partial charge in [0.25, 0.3) is 5.91 Å². The normalized spacial score (nSPS) is 15.9. The van der Waals surface area contributed by atoms with Gasteiger partial charge < -0.3 is 10.2 Å². The molecule has 0 aliphatic carbocycles. The number of carbonyl (C=O) groups is 2. The number of likely N-dealkylation sites (tertiary alicyclic amines) is 1. The number of halogens is 1. The van der Waals surface area contributed by atoms with Crippen molar-refractivity contribution in [3.63, 3.8) is 0 Å². The SMILES string of the molecule is Cc1ccc(C)c(C(=O)N[C@@H](C(=O)N2CCC(c3ccc(Cl)cc3)CC2)C(C)C)c1. The molecule has 1 heterocycles. The molecule has 0 unspecified atom stereocenters. The van der Waals surface area contributed by atoms with Crippen molar-refractivity contribution in [3.05, 3.63) is 69.7 Å². The fourth-order valence-electron chi connectivity index (χ4n) is 4.08. The molecule has 5 heteroatoms. The Hall–Kier alpha value is -2.33.